The summed E-state index contributed by atoms with van der Waals surface area (Å²) in [6.07, 6.45) is 1.80. The van der Waals surface area contributed by atoms with Crippen molar-refractivity contribution in [1.29, 1.82) is 0 Å². The third-order valence-electron chi connectivity index (χ3n) is 2.71. The van der Waals surface area contributed by atoms with E-state index in [1.165, 1.54) is 0 Å². The highest BCUT2D eigenvalue weighted by atomic mass is 35.5. The van der Waals surface area contributed by atoms with E-state index in [0.29, 0.717) is 21.7 Å². The number of aryl methyl sites for hydroxylation is 1. The molecular formula is C15H15Cl2NO2. The van der Waals surface area contributed by atoms with Gasteiger partial charge < -0.3 is 9.84 Å². The molecule has 1 heterocycles. The molecule has 106 valence electrons. The van der Waals surface area contributed by atoms with Crippen molar-refractivity contribution in [3.63, 3.8) is 0 Å². The lowest BCUT2D eigenvalue weighted by Crippen LogP contribution is -1.97. The van der Waals surface area contributed by atoms with E-state index >= 15 is 0 Å². The molecule has 0 unspecified atom stereocenters. The van der Waals surface area contributed by atoms with Crippen LogP contribution in [-0.4, -0.2) is 10.1 Å². The number of ether oxygens (including phenoxy) is 1. The van der Waals surface area contributed by atoms with Crippen molar-refractivity contribution in [3.05, 3.63) is 51.6 Å². The van der Waals surface area contributed by atoms with E-state index in [4.69, 9.17) is 27.9 Å². The molecule has 0 saturated carbocycles. The molecule has 0 aliphatic rings. The number of pyridine rings is 1. The van der Waals surface area contributed by atoms with E-state index < -0.39 is 0 Å². The van der Waals surface area contributed by atoms with Crippen LogP contribution in [0, 0.1) is 0 Å². The van der Waals surface area contributed by atoms with Crippen molar-refractivity contribution in [2.75, 3.05) is 0 Å². The number of hydrogen-bond donors (Lipinski definition) is 1. The van der Waals surface area contributed by atoms with Gasteiger partial charge in [-0.3, -0.25) is 0 Å². The summed E-state index contributed by atoms with van der Waals surface area (Å²) in [5.41, 5.74) is 1.64. The fourth-order valence-corrected chi connectivity index (χ4v) is 2.13. The highest BCUT2D eigenvalue weighted by Gasteiger charge is 2.08. The lowest BCUT2D eigenvalue weighted by Gasteiger charge is -2.10. The minimum atomic E-state index is -0.0567. The second-order valence-corrected chi connectivity index (χ2v) is 5.23. The first-order valence-corrected chi connectivity index (χ1v) is 7.11. The molecule has 0 aliphatic heterocycles. The SMILES string of the molecule is CCCc1cc(CO)cc(Oc2cc(Cl)ccc2Cl)n1. The number of rotatable bonds is 5. The molecule has 0 spiro atoms. The van der Waals surface area contributed by atoms with Crippen molar-refractivity contribution in [1.82, 2.24) is 4.98 Å². The van der Waals surface area contributed by atoms with Gasteiger partial charge in [0.25, 0.3) is 0 Å². The number of aromatic nitrogens is 1. The van der Waals surface area contributed by atoms with Crippen LogP contribution in [0.3, 0.4) is 0 Å². The van der Waals surface area contributed by atoms with Crippen molar-refractivity contribution in [2.24, 2.45) is 0 Å². The van der Waals surface area contributed by atoms with E-state index in [-0.39, 0.29) is 6.61 Å². The van der Waals surface area contributed by atoms with Gasteiger partial charge >= 0.3 is 0 Å². The Hall–Kier alpha value is -1.29. The molecule has 0 aliphatic carbocycles. The standard InChI is InChI=1S/C15H15Cl2NO2/c1-2-3-12-6-10(9-19)7-15(18-12)20-14-8-11(16)4-5-13(14)17/h4-8,19H,2-3,9H2,1H3. The minimum absolute atomic E-state index is 0.0567. The summed E-state index contributed by atoms with van der Waals surface area (Å²) in [7, 11) is 0. The maximum Gasteiger partial charge on any atom is 0.219 e. The number of aliphatic hydroxyl groups excluding tert-OH is 1. The van der Waals surface area contributed by atoms with E-state index in [0.717, 1.165) is 24.1 Å². The number of halogens is 2. The number of aliphatic hydroxyl groups is 1. The van der Waals surface area contributed by atoms with Gasteiger partial charge in [0.15, 0.2) is 0 Å². The summed E-state index contributed by atoms with van der Waals surface area (Å²) < 4.78 is 5.68. The molecule has 1 aromatic heterocycles. The van der Waals surface area contributed by atoms with Crippen molar-refractivity contribution in [2.45, 2.75) is 26.4 Å². The minimum Gasteiger partial charge on any atom is -0.437 e. The fraction of sp³-hybridized carbons (Fsp3) is 0.267. The molecule has 0 bridgehead atoms. The second kappa shape index (κ2) is 6.93. The summed E-state index contributed by atoms with van der Waals surface area (Å²) in [4.78, 5) is 4.40. The summed E-state index contributed by atoms with van der Waals surface area (Å²) in [6.45, 7) is 2.01. The average Bonchev–Trinajstić information content (AvgIpc) is 2.43. The smallest absolute Gasteiger partial charge is 0.219 e. The topological polar surface area (TPSA) is 42.4 Å². The van der Waals surface area contributed by atoms with Gasteiger partial charge in [-0.25, -0.2) is 4.98 Å². The van der Waals surface area contributed by atoms with Crippen LogP contribution < -0.4 is 4.74 Å². The first-order valence-electron chi connectivity index (χ1n) is 6.36. The van der Waals surface area contributed by atoms with Crippen molar-refractivity contribution < 1.29 is 9.84 Å². The molecule has 2 aromatic rings. The van der Waals surface area contributed by atoms with Crippen LogP contribution in [0.5, 0.6) is 11.6 Å². The van der Waals surface area contributed by atoms with Crippen LogP contribution in [0.15, 0.2) is 30.3 Å². The van der Waals surface area contributed by atoms with Crippen LogP contribution in [0.25, 0.3) is 0 Å². The Morgan fingerprint density at radius 3 is 2.70 bits per heavy atom. The Morgan fingerprint density at radius 1 is 1.20 bits per heavy atom. The van der Waals surface area contributed by atoms with Gasteiger partial charge in [-0.1, -0.05) is 36.5 Å². The zero-order chi connectivity index (χ0) is 14.5. The number of nitrogens with zero attached hydrogens (tertiary/aromatic N) is 1. The first-order chi connectivity index (χ1) is 9.62. The molecule has 0 saturated heterocycles. The number of benzene rings is 1. The lowest BCUT2D eigenvalue weighted by molar-refractivity contribution is 0.280. The Bertz CT molecular complexity index is 602. The maximum atomic E-state index is 9.29. The van der Waals surface area contributed by atoms with Gasteiger partial charge in [-0.2, -0.15) is 0 Å². The van der Waals surface area contributed by atoms with Crippen molar-refractivity contribution >= 4 is 23.2 Å². The summed E-state index contributed by atoms with van der Waals surface area (Å²) in [5, 5.41) is 10.3. The van der Waals surface area contributed by atoms with E-state index in [1.54, 1.807) is 24.3 Å². The zero-order valence-corrected chi connectivity index (χ0v) is 12.6. The molecule has 1 N–H and O–H groups in total. The lowest BCUT2D eigenvalue weighted by atomic mass is 10.2. The van der Waals surface area contributed by atoms with Crippen LogP contribution >= 0.6 is 23.2 Å². The molecular weight excluding hydrogens is 297 g/mol. The quantitative estimate of drug-likeness (QED) is 0.875. The molecule has 0 amide bonds. The second-order valence-electron chi connectivity index (χ2n) is 4.39. The summed E-state index contributed by atoms with van der Waals surface area (Å²) in [6, 6.07) is 8.56. The largest absolute Gasteiger partial charge is 0.437 e. The fourth-order valence-electron chi connectivity index (χ4n) is 1.82. The van der Waals surface area contributed by atoms with Crippen LogP contribution in [0.4, 0.5) is 0 Å². The number of hydrogen-bond acceptors (Lipinski definition) is 3. The normalized spacial score (nSPS) is 10.6. The van der Waals surface area contributed by atoms with Gasteiger partial charge in [-0.15, -0.1) is 0 Å². The molecule has 3 nitrogen and oxygen atoms in total. The molecule has 1 aromatic carbocycles. The maximum absolute atomic E-state index is 9.29. The summed E-state index contributed by atoms with van der Waals surface area (Å²) >= 11 is 12.0. The van der Waals surface area contributed by atoms with Gasteiger partial charge in [-0.05, 0) is 30.2 Å². The molecule has 2 rings (SSSR count). The molecule has 0 fully saturated rings. The third-order valence-corrected chi connectivity index (χ3v) is 3.26. The predicted octanol–water partition coefficient (Wildman–Crippen LogP) is 4.63. The molecule has 0 radical (unpaired) electrons. The van der Waals surface area contributed by atoms with Gasteiger partial charge in [0.05, 0.1) is 11.6 Å². The average molecular weight is 312 g/mol. The molecule has 0 atom stereocenters. The van der Waals surface area contributed by atoms with E-state index in [1.807, 2.05) is 6.07 Å². The van der Waals surface area contributed by atoms with Crippen LogP contribution in [0.2, 0.25) is 10.0 Å². The Morgan fingerprint density at radius 2 is 2.00 bits per heavy atom. The van der Waals surface area contributed by atoms with E-state index in [9.17, 15) is 5.11 Å². The first kappa shape index (κ1) is 15.1. The van der Waals surface area contributed by atoms with Crippen molar-refractivity contribution in [3.8, 4) is 11.6 Å². The monoisotopic (exact) mass is 311 g/mol. The highest BCUT2D eigenvalue weighted by Crippen LogP contribution is 2.31. The summed E-state index contributed by atoms with van der Waals surface area (Å²) in [5.74, 6) is 0.855. The van der Waals surface area contributed by atoms with Gasteiger partial charge in [0.2, 0.25) is 5.88 Å². The molecule has 20 heavy (non-hydrogen) atoms. The zero-order valence-electron chi connectivity index (χ0n) is 11.1. The predicted molar refractivity (Wildman–Crippen MR) is 80.7 cm³/mol. The Balaban J connectivity index is 2.32. The van der Waals surface area contributed by atoms with Gasteiger partial charge in [0, 0.05) is 22.8 Å². The highest BCUT2D eigenvalue weighted by molar-refractivity contribution is 6.34. The van der Waals surface area contributed by atoms with Gasteiger partial charge in [0.1, 0.15) is 5.75 Å². The van der Waals surface area contributed by atoms with E-state index in [2.05, 4.69) is 11.9 Å². The molecule has 5 heteroatoms. The van der Waals surface area contributed by atoms with Crippen LogP contribution in [0.1, 0.15) is 24.6 Å². The van der Waals surface area contributed by atoms with Crippen LogP contribution in [-0.2, 0) is 13.0 Å². The third kappa shape index (κ3) is 3.85. The Labute approximate surface area is 128 Å². The Kier molecular flexibility index (Phi) is 5.24.